The van der Waals surface area contributed by atoms with Crippen molar-refractivity contribution in [3.63, 3.8) is 0 Å². The smallest absolute Gasteiger partial charge is 0.353 e. The van der Waals surface area contributed by atoms with Crippen molar-refractivity contribution in [1.29, 1.82) is 0 Å². The minimum absolute atomic E-state index is 0.00483. The van der Waals surface area contributed by atoms with Crippen molar-refractivity contribution in [2.45, 2.75) is 39.0 Å². The molecule has 2 rings (SSSR count). The Morgan fingerprint density at radius 2 is 1.76 bits per heavy atom. The summed E-state index contributed by atoms with van der Waals surface area (Å²) in [6.07, 6.45) is -3.44. The number of nitrogens with zero attached hydrogens (tertiary/aromatic N) is 2. The fourth-order valence-corrected chi connectivity index (χ4v) is 2.91. The van der Waals surface area contributed by atoms with E-state index in [1.165, 1.54) is 12.1 Å². The predicted molar refractivity (Wildman–Crippen MR) is 91.1 cm³/mol. The maximum atomic E-state index is 13.1. The first kappa shape index (κ1) is 19.7. The largest absolute Gasteiger partial charge is 0.416 e. The number of carbonyl (C=O) groups excluding carboxylic acids is 1. The molecule has 1 aliphatic heterocycles. The minimum Gasteiger partial charge on any atom is -0.353 e. The molecule has 1 aliphatic rings. The average molecular weight is 357 g/mol. The van der Waals surface area contributed by atoms with Gasteiger partial charge in [0, 0.05) is 38.8 Å². The van der Waals surface area contributed by atoms with Crippen LogP contribution < -0.4 is 5.32 Å². The summed E-state index contributed by atoms with van der Waals surface area (Å²) in [5.74, 6) is 0.00483. The summed E-state index contributed by atoms with van der Waals surface area (Å²) in [7, 11) is 0. The molecule has 0 aliphatic carbocycles. The zero-order valence-electron chi connectivity index (χ0n) is 14.8. The number of rotatable bonds is 6. The van der Waals surface area contributed by atoms with Gasteiger partial charge in [0.25, 0.3) is 0 Å². The number of amides is 1. The highest BCUT2D eigenvalue weighted by atomic mass is 19.4. The molecule has 140 valence electrons. The predicted octanol–water partition coefficient (Wildman–Crippen LogP) is 2.74. The Kier molecular flexibility index (Phi) is 6.84. The monoisotopic (exact) mass is 357 g/mol. The van der Waals surface area contributed by atoms with Gasteiger partial charge in [-0.25, -0.2) is 0 Å². The quantitative estimate of drug-likeness (QED) is 0.850. The molecule has 25 heavy (non-hydrogen) atoms. The van der Waals surface area contributed by atoms with Crippen molar-refractivity contribution in [2.75, 3.05) is 32.7 Å². The van der Waals surface area contributed by atoms with Crippen LogP contribution in [0.4, 0.5) is 13.2 Å². The number of carbonyl (C=O) groups is 1. The van der Waals surface area contributed by atoms with Gasteiger partial charge in [0.1, 0.15) is 0 Å². The second-order valence-electron chi connectivity index (χ2n) is 6.58. The molecule has 1 atom stereocenters. The molecule has 1 heterocycles. The van der Waals surface area contributed by atoms with Crippen molar-refractivity contribution in [2.24, 2.45) is 0 Å². The maximum absolute atomic E-state index is 13.1. The van der Waals surface area contributed by atoms with E-state index >= 15 is 0 Å². The minimum atomic E-state index is -4.33. The van der Waals surface area contributed by atoms with E-state index in [1.807, 2.05) is 23.6 Å². The highest BCUT2D eigenvalue weighted by Gasteiger charge is 2.33. The van der Waals surface area contributed by atoms with E-state index in [9.17, 15) is 18.0 Å². The fraction of sp³-hybridized carbons (Fsp3) is 0.611. The summed E-state index contributed by atoms with van der Waals surface area (Å²) >= 11 is 0. The van der Waals surface area contributed by atoms with Gasteiger partial charge in [0.2, 0.25) is 5.91 Å². The number of nitrogens with one attached hydrogen (secondary N) is 1. The third-order valence-corrected chi connectivity index (χ3v) is 4.57. The molecular weight excluding hydrogens is 331 g/mol. The molecule has 0 saturated carbocycles. The molecule has 1 aromatic carbocycles. The van der Waals surface area contributed by atoms with E-state index in [0.717, 1.165) is 12.5 Å². The van der Waals surface area contributed by atoms with Gasteiger partial charge in [-0.1, -0.05) is 25.1 Å². The second kappa shape index (κ2) is 8.67. The molecule has 1 aromatic rings. The molecule has 7 heteroatoms. The maximum Gasteiger partial charge on any atom is 0.416 e. The van der Waals surface area contributed by atoms with E-state index in [-0.39, 0.29) is 18.5 Å². The first-order valence-corrected chi connectivity index (χ1v) is 8.68. The molecule has 1 saturated heterocycles. The molecule has 1 amide bonds. The van der Waals surface area contributed by atoms with E-state index in [2.05, 4.69) is 5.32 Å². The lowest BCUT2D eigenvalue weighted by molar-refractivity contribution is -0.138. The number of hydrogen-bond acceptors (Lipinski definition) is 3. The number of hydrogen-bond donors (Lipinski definition) is 1. The summed E-state index contributed by atoms with van der Waals surface area (Å²) in [4.78, 5) is 16.0. The average Bonchev–Trinajstić information content (AvgIpc) is 2.56. The highest BCUT2D eigenvalue weighted by Crippen LogP contribution is 2.32. The van der Waals surface area contributed by atoms with Crippen LogP contribution in [0, 0.1) is 0 Å². The molecule has 0 aromatic heterocycles. The van der Waals surface area contributed by atoms with Crippen LogP contribution >= 0.6 is 0 Å². The molecule has 1 N–H and O–H groups in total. The molecule has 4 nitrogen and oxygen atoms in total. The molecule has 0 radical (unpaired) electrons. The summed E-state index contributed by atoms with van der Waals surface area (Å²) in [5.41, 5.74) is -0.261. The Hall–Kier alpha value is -1.60. The first-order chi connectivity index (χ1) is 11.8. The lowest BCUT2D eigenvalue weighted by Gasteiger charge is -2.34. The lowest BCUT2D eigenvalue weighted by atomic mass is 10.1. The number of piperazine rings is 1. The zero-order chi connectivity index (χ0) is 18.4. The van der Waals surface area contributed by atoms with Crippen molar-refractivity contribution in [3.05, 3.63) is 35.4 Å². The molecule has 0 bridgehead atoms. The number of benzene rings is 1. The van der Waals surface area contributed by atoms with Gasteiger partial charge in [0.15, 0.2) is 0 Å². The summed E-state index contributed by atoms with van der Waals surface area (Å²) < 4.78 is 39.2. The lowest BCUT2D eigenvalue weighted by Crippen LogP contribution is -2.50. The van der Waals surface area contributed by atoms with Gasteiger partial charge in [0.05, 0.1) is 12.1 Å². The van der Waals surface area contributed by atoms with Gasteiger partial charge in [-0.3, -0.25) is 14.6 Å². The normalized spacial score (nSPS) is 18.1. The van der Waals surface area contributed by atoms with Gasteiger partial charge >= 0.3 is 6.18 Å². The number of halogens is 3. The van der Waals surface area contributed by atoms with Gasteiger partial charge in [-0.15, -0.1) is 0 Å². The SMILES string of the molecule is CCC(C)NC(=O)CN1CCN(Cc2ccccc2C(F)(F)F)CC1. The van der Waals surface area contributed by atoms with Crippen molar-refractivity contribution in [1.82, 2.24) is 15.1 Å². The topological polar surface area (TPSA) is 35.6 Å². The Morgan fingerprint density at radius 1 is 1.16 bits per heavy atom. The summed E-state index contributed by atoms with van der Waals surface area (Å²) in [6.45, 7) is 7.28. The van der Waals surface area contributed by atoms with Crippen molar-refractivity contribution in [3.8, 4) is 0 Å². The fourth-order valence-electron chi connectivity index (χ4n) is 2.91. The number of alkyl halides is 3. The molecular formula is C18H26F3N3O. The third kappa shape index (κ3) is 6.01. The molecule has 1 fully saturated rings. The van der Waals surface area contributed by atoms with Crippen LogP contribution in [0.25, 0.3) is 0 Å². The van der Waals surface area contributed by atoms with Gasteiger partial charge in [-0.05, 0) is 25.0 Å². The second-order valence-corrected chi connectivity index (χ2v) is 6.58. The van der Waals surface area contributed by atoms with E-state index in [0.29, 0.717) is 38.3 Å². The highest BCUT2D eigenvalue weighted by molar-refractivity contribution is 5.78. The van der Waals surface area contributed by atoms with Gasteiger partial charge < -0.3 is 5.32 Å². The Morgan fingerprint density at radius 3 is 2.36 bits per heavy atom. The van der Waals surface area contributed by atoms with Crippen LogP contribution in [0.1, 0.15) is 31.4 Å². The van der Waals surface area contributed by atoms with Crippen LogP contribution in [-0.2, 0) is 17.5 Å². The van der Waals surface area contributed by atoms with Crippen molar-refractivity contribution >= 4 is 5.91 Å². The van der Waals surface area contributed by atoms with Crippen LogP contribution in [0.15, 0.2) is 24.3 Å². The Labute approximate surface area is 147 Å². The van der Waals surface area contributed by atoms with Crippen LogP contribution in [0.5, 0.6) is 0 Å². The summed E-state index contributed by atoms with van der Waals surface area (Å²) in [5, 5.41) is 2.93. The third-order valence-electron chi connectivity index (χ3n) is 4.57. The molecule has 1 unspecified atom stereocenters. The zero-order valence-corrected chi connectivity index (χ0v) is 14.8. The van der Waals surface area contributed by atoms with Crippen LogP contribution in [-0.4, -0.2) is 54.5 Å². The van der Waals surface area contributed by atoms with E-state index in [4.69, 9.17) is 0 Å². The van der Waals surface area contributed by atoms with E-state index < -0.39 is 11.7 Å². The first-order valence-electron chi connectivity index (χ1n) is 8.68. The summed E-state index contributed by atoms with van der Waals surface area (Å²) in [6, 6.07) is 5.88. The standard InChI is InChI=1S/C18H26F3N3O/c1-3-14(2)22-17(25)13-24-10-8-23(9-11-24)12-15-6-4-5-7-16(15)18(19,20)21/h4-7,14H,3,8-13H2,1-2H3,(H,22,25). The van der Waals surface area contributed by atoms with E-state index in [1.54, 1.807) is 6.07 Å². The Balaban J connectivity index is 1.84. The van der Waals surface area contributed by atoms with Gasteiger partial charge in [-0.2, -0.15) is 13.2 Å². The Bertz CT molecular complexity index is 569. The van der Waals surface area contributed by atoms with Crippen LogP contribution in [0.2, 0.25) is 0 Å². The van der Waals surface area contributed by atoms with Crippen LogP contribution in [0.3, 0.4) is 0 Å². The van der Waals surface area contributed by atoms with Crippen molar-refractivity contribution < 1.29 is 18.0 Å². The molecule has 0 spiro atoms.